The van der Waals surface area contributed by atoms with Crippen LogP contribution in [-0.2, 0) is 22.9 Å². The molecule has 0 saturated carbocycles. The van der Waals surface area contributed by atoms with Crippen molar-refractivity contribution in [3.63, 3.8) is 0 Å². The summed E-state index contributed by atoms with van der Waals surface area (Å²) in [5.74, 6) is 1.23. The number of nitrogens with zero attached hydrogens (tertiary/aromatic N) is 7. The highest BCUT2D eigenvalue weighted by Gasteiger charge is 2.12. The smallest absolute Gasteiger partial charge is 0.466 e. The first kappa shape index (κ1) is 34.3. The highest BCUT2D eigenvalue weighted by Crippen LogP contribution is 2.25. The van der Waals surface area contributed by atoms with E-state index in [1.807, 2.05) is 37.5 Å². The third-order valence-electron chi connectivity index (χ3n) is 5.85. The number of ether oxygens (including phenoxy) is 2. The van der Waals surface area contributed by atoms with Crippen LogP contribution in [0.25, 0.3) is 22.5 Å². The second-order valence-corrected chi connectivity index (χ2v) is 9.90. The van der Waals surface area contributed by atoms with Crippen LogP contribution in [0, 0.1) is 0 Å². The Labute approximate surface area is 240 Å². The van der Waals surface area contributed by atoms with Gasteiger partial charge in [-0.05, 0) is 17.7 Å². The van der Waals surface area contributed by atoms with Gasteiger partial charge in [-0.2, -0.15) is 10.2 Å². The Morgan fingerprint density at radius 3 is 2.33 bits per heavy atom. The van der Waals surface area contributed by atoms with Gasteiger partial charge in [0, 0.05) is 50.2 Å². The standard InChI is InChI=1S/C25H27N7O3.H3O4P.2H2O/c1-30-18-21(14-29-30)23-5-6-28-32(25(23)33)17-19-3-2-4-20(13-19)24-26-15-22(16-27-24)35-12-9-31-7-10-34-11-8-31;1-5(2,3)4;;/h2-6,13-16,18H,7-12,17H2,1H3;(H3,1,2,3,4);2*1H2. The zero-order valence-corrected chi connectivity index (χ0v) is 23.7. The van der Waals surface area contributed by atoms with Gasteiger partial charge < -0.3 is 35.1 Å². The lowest BCUT2D eigenvalue weighted by atomic mass is 10.1. The largest absolute Gasteiger partial charge is 0.489 e. The first-order valence-corrected chi connectivity index (χ1v) is 13.9. The molecule has 17 heteroatoms. The Bertz CT molecular complexity index is 1490. The summed E-state index contributed by atoms with van der Waals surface area (Å²) in [7, 11) is -2.82. The van der Waals surface area contributed by atoms with Crippen LogP contribution in [0.5, 0.6) is 5.75 Å². The van der Waals surface area contributed by atoms with E-state index < -0.39 is 7.82 Å². The molecule has 228 valence electrons. The molecule has 4 aromatic rings. The highest BCUT2D eigenvalue weighted by molar-refractivity contribution is 7.45. The lowest BCUT2D eigenvalue weighted by Gasteiger charge is -2.26. The van der Waals surface area contributed by atoms with Crippen LogP contribution in [0.4, 0.5) is 0 Å². The van der Waals surface area contributed by atoms with Gasteiger partial charge in [0.05, 0.1) is 43.9 Å². The van der Waals surface area contributed by atoms with Crippen LogP contribution in [-0.4, -0.2) is 99.5 Å². The first-order valence-electron chi connectivity index (χ1n) is 12.3. The molecule has 0 amide bonds. The van der Waals surface area contributed by atoms with Gasteiger partial charge in [0.1, 0.15) is 6.61 Å². The summed E-state index contributed by atoms with van der Waals surface area (Å²) in [6.45, 7) is 5.19. The van der Waals surface area contributed by atoms with Crippen molar-refractivity contribution < 1.29 is 39.7 Å². The van der Waals surface area contributed by atoms with E-state index >= 15 is 0 Å². The molecular weight excluding hydrogens is 573 g/mol. The summed E-state index contributed by atoms with van der Waals surface area (Å²) < 4.78 is 23.2. The van der Waals surface area contributed by atoms with E-state index in [-0.39, 0.29) is 16.5 Å². The molecular formula is C25H34N7O9P. The Kier molecular flexibility index (Phi) is 13.0. The maximum atomic E-state index is 13.0. The minimum Gasteiger partial charge on any atom is -0.489 e. The summed E-state index contributed by atoms with van der Waals surface area (Å²) in [5.41, 5.74) is 2.95. The summed E-state index contributed by atoms with van der Waals surface area (Å²) >= 11 is 0. The molecule has 0 spiro atoms. The normalized spacial score (nSPS) is 13.2. The van der Waals surface area contributed by atoms with Crippen molar-refractivity contribution in [1.29, 1.82) is 0 Å². The van der Waals surface area contributed by atoms with Crippen molar-refractivity contribution in [2.24, 2.45) is 7.05 Å². The van der Waals surface area contributed by atoms with Crippen molar-refractivity contribution >= 4 is 7.82 Å². The Morgan fingerprint density at radius 2 is 1.69 bits per heavy atom. The van der Waals surface area contributed by atoms with Crippen LogP contribution in [0.1, 0.15) is 5.56 Å². The Hall–Kier alpha value is -3.86. The lowest BCUT2D eigenvalue weighted by Crippen LogP contribution is -2.38. The third kappa shape index (κ3) is 10.5. The molecule has 1 aliphatic heterocycles. The van der Waals surface area contributed by atoms with E-state index in [4.69, 9.17) is 28.7 Å². The fraction of sp³-hybridized carbons (Fsp3) is 0.320. The summed E-state index contributed by atoms with van der Waals surface area (Å²) in [5, 5.41) is 8.42. The first-order chi connectivity index (χ1) is 19.2. The van der Waals surface area contributed by atoms with Crippen molar-refractivity contribution in [2.75, 3.05) is 39.5 Å². The third-order valence-corrected chi connectivity index (χ3v) is 5.85. The van der Waals surface area contributed by atoms with E-state index in [1.54, 1.807) is 35.5 Å². The monoisotopic (exact) mass is 607 g/mol. The summed E-state index contributed by atoms with van der Waals surface area (Å²) in [4.78, 5) is 45.8. The van der Waals surface area contributed by atoms with E-state index in [2.05, 4.69) is 25.1 Å². The van der Waals surface area contributed by atoms with Gasteiger partial charge in [0.15, 0.2) is 11.6 Å². The molecule has 16 nitrogen and oxygen atoms in total. The minimum absolute atomic E-state index is 0. The minimum atomic E-state index is -4.64. The lowest BCUT2D eigenvalue weighted by molar-refractivity contribution is 0.0322. The molecule has 0 radical (unpaired) electrons. The molecule has 1 aliphatic rings. The summed E-state index contributed by atoms with van der Waals surface area (Å²) in [6.07, 6.45) is 8.51. The number of rotatable bonds is 8. The summed E-state index contributed by atoms with van der Waals surface area (Å²) in [6, 6.07) is 9.51. The van der Waals surface area contributed by atoms with Gasteiger partial charge >= 0.3 is 7.82 Å². The van der Waals surface area contributed by atoms with Crippen LogP contribution >= 0.6 is 7.82 Å². The number of benzene rings is 1. The van der Waals surface area contributed by atoms with Crippen molar-refractivity contribution in [3.8, 4) is 28.3 Å². The highest BCUT2D eigenvalue weighted by atomic mass is 31.2. The number of aryl methyl sites for hydroxylation is 1. The number of hydrogen-bond acceptors (Lipinski definition) is 9. The second kappa shape index (κ2) is 16.0. The van der Waals surface area contributed by atoms with Crippen molar-refractivity contribution in [3.05, 3.63) is 77.2 Å². The average Bonchev–Trinajstić information content (AvgIpc) is 3.36. The Morgan fingerprint density at radius 1 is 1.00 bits per heavy atom. The van der Waals surface area contributed by atoms with Crippen molar-refractivity contribution in [2.45, 2.75) is 6.54 Å². The van der Waals surface area contributed by atoms with Crippen molar-refractivity contribution in [1.82, 2.24) is 34.4 Å². The van der Waals surface area contributed by atoms with Crippen LogP contribution in [0.15, 0.2) is 66.1 Å². The molecule has 3 aromatic heterocycles. The molecule has 5 rings (SSSR count). The second-order valence-electron chi connectivity index (χ2n) is 8.87. The van der Waals surface area contributed by atoms with Gasteiger partial charge in [0.25, 0.3) is 5.56 Å². The average molecular weight is 608 g/mol. The molecule has 0 atom stereocenters. The molecule has 1 fully saturated rings. The fourth-order valence-electron chi connectivity index (χ4n) is 3.98. The molecule has 1 aromatic carbocycles. The molecule has 0 bridgehead atoms. The number of aromatic nitrogens is 6. The van der Waals surface area contributed by atoms with Gasteiger partial charge in [-0.25, -0.2) is 19.2 Å². The SMILES string of the molecule is Cn1cc(-c2ccnn(Cc3cccc(-c4ncc(OCCN5CCOCC5)cn4)c3)c2=O)cn1.O.O.O=P(O)(O)O. The topological polar surface area (TPSA) is 241 Å². The quantitative estimate of drug-likeness (QED) is 0.210. The van der Waals surface area contributed by atoms with Gasteiger partial charge in [-0.15, -0.1) is 0 Å². The van der Waals surface area contributed by atoms with Crippen LogP contribution in [0.3, 0.4) is 0 Å². The number of morpholine rings is 1. The van der Waals surface area contributed by atoms with E-state index in [1.165, 1.54) is 4.68 Å². The van der Waals surface area contributed by atoms with Crippen LogP contribution < -0.4 is 10.3 Å². The maximum absolute atomic E-state index is 13.0. The van der Waals surface area contributed by atoms with Crippen LogP contribution in [0.2, 0.25) is 0 Å². The van der Waals surface area contributed by atoms with E-state index in [9.17, 15) is 4.79 Å². The molecule has 0 unspecified atom stereocenters. The zero-order valence-electron chi connectivity index (χ0n) is 22.8. The predicted octanol–water partition coefficient (Wildman–Crippen LogP) is -0.718. The van der Waals surface area contributed by atoms with Gasteiger partial charge in [-0.3, -0.25) is 14.4 Å². The number of phosphoric acid groups is 1. The molecule has 7 N–H and O–H groups in total. The van der Waals surface area contributed by atoms with E-state index in [0.717, 1.165) is 49.5 Å². The molecule has 1 saturated heterocycles. The molecule has 4 heterocycles. The maximum Gasteiger partial charge on any atom is 0.466 e. The van der Waals surface area contributed by atoms with E-state index in [0.29, 0.717) is 30.3 Å². The predicted molar refractivity (Wildman–Crippen MR) is 152 cm³/mol. The number of hydrogen-bond donors (Lipinski definition) is 3. The fourth-order valence-corrected chi connectivity index (χ4v) is 3.98. The van der Waals surface area contributed by atoms with Gasteiger partial charge in [0.2, 0.25) is 0 Å². The molecule has 0 aliphatic carbocycles. The Balaban J connectivity index is 0.000000814. The molecule has 42 heavy (non-hydrogen) atoms. The zero-order chi connectivity index (χ0) is 28.5. The van der Waals surface area contributed by atoms with Gasteiger partial charge in [-0.1, -0.05) is 18.2 Å².